The van der Waals surface area contributed by atoms with E-state index < -0.39 is 0 Å². The standard InChI is InChI=1S/C13H24N2S/c1-5-12(13-7-6-10-16-13)14-11(2)8-9-15(3)4/h6-7,10-12,14H,5,8-9H2,1-4H3. The van der Waals surface area contributed by atoms with Gasteiger partial charge < -0.3 is 10.2 Å². The highest BCUT2D eigenvalue weighted by Crippen LogP contribution is 2.22. The number of nitrogens with one attached hydrogen (secondary N) is 1. The van der Waals surface area contributed by atoms with Crippen LogP contribution in [0.5, 0.6) is 0 Å². The van der Waals surface area contributed by atoms with Crippen molar-refractivity contribution in [1.29, 1.82) is 0 Å². The monoisotopic (exact) mass is 240 g/mol. The molecule has 1 aromatic heterocycles. The number of thiophene rings is 1. The summed E-state index contributed by atoms with van der Waals surface area (Å²) in [6.07, 6.45) is 2.36. The van der Waals surface area contributed by atoms with E-state index in [-0.39, 0.29) is 0 Å². The number of nitrogens with zero attached hydrogens (tertiary/aromatic N) is 1. The van der Waals surface area contributed by atoms with E-state index in [1.807, 2.05) is 11.3 Å². The van der Waals surface area contributed by atoms with Gasteiger partial charge in [0.2, 0.25) is 0 Å². The Morgan fingerprint density at radius 3 is 2.69 bits per heavy atom. The molecule has 2 atom stereocenters. The highest BCUT2D eigenvalue weighted by molar-refractivity contribution is 7.10. The van der Waals surface area contributed by atoms with Gasteiger partial charge in [-0.05, 0) is 51.9 Å². The fraction of sp³-hybridized carbons (Fsp3) is 0.692. The molecular weight excluding hydrogens is 216 g/mol. The average molecular weight is 240 g/mol. The first-order chi connectivity index (χ1) is 7.63. The zero-order valence-electron chi connectivity index (χ0n) is 10.9. The Balaban J connectivity index is 2.38. The van der Waals surface area contributed by atoms with E-state index >= 15 is 0 Å². The van der Waals surface area contributed by atoms with Gasteiger partial charge in [-0.1, -0.05) is 13.0 Å². The third-order valence-electron chi connectivity index (χ3n) is 2.79. The Kier molecular flexibility index (Phi) is 6.03. The minimum Gasteiger partial charge on any atom is -0.309 e. The van der Waals surface area contributed by atoms with Gasteiger partial charge in [0.1, 0.15) is 0 Å². The lowest BCUT2D eigenvalue weighted by Gasteiger charge is -2.22. The Bertz CT molecular complexity index is 269. The summed E-state index contributed by atoms with van der Waals surface area (Å²) in [4.78, 5) is 3.70. The van der Waals surface area contributed by atoms with Crippen molar-refractivity contribution < 1.29 is 0 Å². The molecule has 92 valence electrons. The summed E-state index contributed by atoms with van der Waals surface area (Å²) < 4.78 is 0. The Hall–Kier alpha value is -0.380. The molecule has 16 heavy (non-hydrogen) atoms. The van der Waals surface area contributed by atoms with Crippen LogP contribution in [0.15, 0.2) is 17.5 Å². The lowest BCUT2D eigenvalue weighted by Crippen LogP contribution is -2.32. The maximum atomic E-state index is 3.71. The molecule has 0 aliphatic rings. The minimum atomic E-state index is 0.525. The topological polar surface area (TPSA) is 15.3 Å². The fourth-order valence-corrected chi connectivity index (χ4v) is 2.64. The summed E-state index contributed by atoms with van der Waals surface area (Å²) in [6, 6.07) is 5.46. The van der Waals surface area contributed by atoms with E-state index in [1.54, 1.807) is 0 Å². The van der Waals surface area contributed by atoms with Gasteiger partial charge in [-0.15, -0.1) is 11.3 Å². The molecule has 2 nitrogen and oxygen atoms in total. The maximum absolute atomic E-state index is 3.71. The highest BCUT2D eigenvalue weighted by atomic mass is 32.1. The molecule has 2 unspecified atom stereocenters. The number of hydrogen-bond acceptors (Lipinski definition) is 3. The molecule has 1 N–H and O–H groups in total. The summed E-state index contributed by atoms with van der Waals surface area (Å²) in [5, 5.41) is 5.87. The van der Waals surface area contributed by atoms with Crippen molar-refractivity contribution in [3.63, 3.8) is 0 Å². The molecule has 0 saturated carbocycles. The van der Waals surface area contributed by atoms with Gasteiger partial charge in [0.25, 0.3) is 0 Å². The number of hydrogen-bond donors (Lipinski definition) is 1. The molecule has 0 aliphatic carbocycles. The highest BCUT2D eigenvalue weighted by Gasteiger charge is 2.13. The van der Waals surface area contributed by atoms with E-state index in [4.69, 9.17) is 0 Å². The predicted octanol–water partition coefficient (Wildman–Crippen LogP) is 3.13. The minimum absolute atomic E-state index is 0.525. The van der Waals surface area contributed by atoms with E-state index in [9.17, 15) is 0 Å². The van der Waals surface area contributed by atoms with Gasteiger partial charge in [-0.2, -0.15) is 0 Å². The van der Waals surface area contributed by atoms with Crippen molar-refractivity contribution in [2.45, 2.75) is 38.8 Å². The molecule has 1 aromatic rings. The summed E-state index contributed by atoms with van der Waals surface area (Å²) in [7, 11) is 4.26. The van der Waals surface area contributed by atoms with Gasteiger partial charge in [-0.25, -0.2) is 0 Å². The van der Waals surface area contributed by atoms with Crippen LogP contribution in [-0.4, -0.2) is 31.6 Å². The van der Waals surface area contributed by atoms with Crippen molar-refractivity contribution >= 4 is 11.3 Å². The fourth-order valence-electron chi connectivity index (χ4n) is 1.77. The largest absolute Gasteiger partial charge is 0.309 e. The third-order valence-corrected chi connectivity index (χ3v) is 3.78. The van der Waals surface area contributed by atoms with Crippen molar-refractivity contribution in [2.75, 3.05) is 20.6 Å². The van der Waals surface area contributed by atoms with Crippen LogP contribution in [0.25, 0.3) is 0 Å². The summed E-state index contributed by atoms with van der Waals surface area (Å²) in [6.45, 7) is 5.67. The van der Waals surface area contributed by atoms with Gasteiger partial charge >= 0.3 is 0 Å². The van der Waals surface area contributed by atoms with Crippen molar-refractivity contribution in [3.8, 4) is 0 Å². The Labute approximate surface area is 104 Å². The van der Waals surface area contributed by atoms with Crippen molar-refractivity contribution in [1.82, 2.24) is 10.2 Å². The molecule has 0 radical (unpaired) electrons. The Morgan fingerprint density at radius 2 is 2.19 bits per heavy atom. The molecule has 1 rings (SSSR count). The van der Waals surface area contributed by atoms with Crippen LogP contribution in [0, 0.1) is 0 Å². The van der Waals surface area contributed by atoms with Crippen LogP contribution in [-0.2, 0) is 0 Å². The molecule has 0 aromatic carbocycles. The first-order valence-corrected chi connectivity index (χ1v) is 6.95. The zero-order chi connectivity index (χ0) is 12.0. The molecule has 0 bridgehead atoms. The summed E-state index contributed by atoms with van der Waals surface area (Å²) in [5.74, 6) is 0. The SMILES string of the molecule is CCC(NC(C)CCN(C)C)c1cccs1. The first-order valence-electron chi connectivity index (χ1n) is 6.07. The molecule has 0 spiro atoms. The van der Waals surface area contributed by atoms with E-state index in [1.165, 1.54) is 11.3 Å². The van der Waals surface area contributed by atoms with E-state index in [2.05, 4.69) is 55.7 Å². The van der Waals surface area contributed by atoms with Crippen LogP contribution in [0.4, 0.5) is 0 Å². The van der Waals surface area contributed by atoms with Gasteiger partial charge in [0.05, 0.1) is 0 Å². The molecule has 0 saturated heterocycles. The normalized spacial score (nSPS) is 15.3. The second-order valence-electron chi connectivity index (χ2n) is 4.64. The van der Waals surface area contributed by atoms with Crippen LogP contribution in [0.3, 0.4) is 0 Å². The lowest BCUT2D eigenvalue weighted by molar-refractivity contribution is 0.348. The van der Waals surface area contributed by atoms with Crippen molar-refractivity contribution in [2.24, 2.45) is 0 Å². The second-order valence-corrected chi connectivity index (χ2v) is 5.62. The van der Waals surface area contributed by atoms with Gasteiger partial charge in [0, 0.05) is 17.0 Å². The zero-order valence-corrected chi connectivity index (χ0v) is 11.7. The van der Waals surface area contributed by atoms with Crippen LogP contribution >= 0.6 is 11.3 Å². The molecule has 0 fully saturated rings. The van der Waals surface area contributed by atoms with E-state index in [0.29, 0.717) is 12.1 Å². The molecule has 0 amide bonds. The summed E-state index contributed by atoms with van der Waals surface area (Å²) >= 11 is 1.85. The maximum Gasteiger partial charge on any atom is 0.0414 e. The quantitative estimate of drug-likeness (QED) is 0.788. The van der Waals surface area contributed by atoms with Crippen molar-refractivity contribution in [3.05, 3.63) is 22.4 Å². The smallest absolute Gasteiger partial charge is 0.0414 e. The molecular formula is C13H24N2S. The first kappa shape index (κ1) is 13.7. The van der Waals surface area contributed by atoms with Gasteiger partial charge in [-0.3, -0.25) is 0 Å². The predicted molar refractivity (Wildman–Crippen MR) is 73.1 cm³/mol. The Morgan fingerprint density at radius 1 is 1.44 bits per heavy atom. The third kappa shape index (κ3) is 4.64. The molecule has 3 heteroatoms. The number of rotatable bonds is 7. The van der Waals surface area contributed by atoms with Crippen LogP contribution in [0.1, 0.15) is 37.6 Å². The van der Waals surface area contributed by atoms with Gasteiger partial charge in [0.15, 0.2) is 0 Å². The van der Waals surface area contributed by atoms with Crippen LogP contribution in [0.2, 0.25) is 0 Å². The second kappa shape index (κ2) is 7.05. The average Bonchev–Trinajstić information content (AvgIpc) is 2.76. The molecule has 0 aliphatic heterocycles. The summed E-state index contributed by atoms with van der Waals surface area (Å²) in [5.41, 5.74) is 0. The lowest BCUT2D eigenvalue weighted by atomic mass is 10.1. The van der Waals surface area contributed by atoms with Crippen LogP contribution < -0.4 is 5.32 Å². The van der Waals surface area contributed by atoms with E-state index in [0.717, 1.165) is 13.0 Å². The molecule has 1 heterocycles.